The van der Waals surface area contributed by atoms with Crippen LogP contribution in [0.15, 0.2) is 22.2 Å². The smallest absolute Gasteiger partial charge is 0.235 e. The summed E-state index contributed by atoms with van der Waals surface area (Å²) in [5, 5.41) is 3.79. The maximum atomic E-state index is 11.7. The van der Waals surface area contributed by atoms with Crippen molar-refractivity contribution in [1.29, 1.82) is 0 Å². The summed E-state index contributed by atoms with van der Waals surface area (Å²) in [4.78, 5) is 15.6. The molecule has 1 aliphatic rings. The van der Waals surface area contributed by atoms with Crippen molar-refractivity contribution >= 4 is 33.4 Å². The van der Waals surface area contributed by atoms with Crippen molar-refractivity contribution in [2.75, 3.05) is 12.9 Å². The summed E-state index contributed by atoms with van der Waals surface area (Å²) in [6.07, 6.45) is 3.19. The minimum absolute atomic E-state index is 0.0377. The Balaban J connectivity index is 2.76. The lowest BCUT2D eigenvalue weighted by Gasteiger charge is -2.10. The van der Waals surface area contributed by atoms with Gasteiger partial charge in [0.2, 0.25) is 6.29 Å². The maximum absolute atomic E-state index is 11.7. The number of carbonyl (C=O) groups excluding carboxylic acids is 1. The molecule has 0 saturated carbocycles. The first-order valence-corrected chi connectivity index (χ1v) is 7.32. The van der Waals surface area contributed by atoms with Gasteiger partial charge in [0, 0.05) is 23.8 Å². The number of rotatable bonds is 3. The van der Waals surface area contributed by atoms with Gasteiger partial charge in [0.25, 0.3) is 0 Å². The maximum Gasteiger partial charge on any atom is 0.235 e. The molecule has 0 bridgehead atoms. The summed E-state index contributed by atoms with van der Waals surface area (Å²) in [7, 11) is -3.47. The van der Waals surface area contributed by atoms with Gasteiger partial charge in [0.1, 0.15) is 6.61 Å². The van der Waals surface area contributed by atoms with Gasteiger partial charge in [0.05, 0.1) is 15.6 Å². The molecule has 0 N–H and O–H groups in total. The lowest BCUT2D eigenvalue weighted by atomic mass is 10.1. The van der Waals surface area contributed by atoms with Crippen LogP contribution in [0.3, 0.4) is 0 Å². The van der Waals surface area contributed by atoms with Crippen molar-refractivity contribution in [3.63, 3.8) is 0 Å². The Morgan fingerprint density at radius 2 is 2.17 bits per heavy atom. The number of nitrogens with zero attached hydrogens (tertiary/aromatic N) is 1. The second kappa shape index (κ2) is 4.70. The highest BCUT2D eigenvalue weighted by Crippen LogP contribution is 2.29. The summed E-state index contributed by atoms with van der Waals surface area (Å²) in [5.41, 5.74) is 0.767. The van der Waals surface area contributed by atoms with Gasteiger partial charge in [-0.3, -0.25) is 4.79 Å². The van der Waals surface area contributed by atoms with Crippen LogP contribution < -0.4 is 0 Å². The molecular weight excluding hydrogens is 278 g/mol. The number of hydrogen-bond donors (Lipinski definition) is 0. The molecule has 5 nitrogen and oxygen atoms in total. The fourth-order valence-electron chi connectivity index (χ4n) is 1.70. The molecule has 0 aromatic heterocycles. The highest BCUT2D eigenvalue weighted by atomic mass is 35.5. The molecule has 0 fully saturated rings. The Hall–Kier alpha value is -1.40. The molecule has 1 heterocycles. The van der Waals surface area contributed by atoms with Crippen molar-refractivity contribution in [3.8, 4) is 0 Å². The second-order valence-corrected chi connectivity index (χ2v) is 6.16. The van der Waals surface area contributed by atoms with E-state index in [1.54, 1.807) is 6.29 Å². The summed E-state index contributed by atoms with van der Waals surface area (Å²) >= 11 is 6.04. The standard InChI is InChI=1S/C11H9ClNO4S/c1-18(15,16)9-3-2-7(6-14)11(12)10(9)8-4-5-17-13-8/h2-3H,4-5H2,1H3. The summed E-state index contributed by atoms with van der Waals surface area (Å²) in [6, 6.07) is 2.66. The van der Waals surface area contributed by atoms with Gasteiger partial charge >= 0.3 is 0 Å². The second-order valence-electron chi connectivity index (χ2n) is 3.80. The highest BCUT2D eigenvalue weighted by Gasteiger charge is 2.25. The van der Waals surface area contributed by atoms with Crippen LogP contribution in [0, 0.1) is 0 Å². The van der Waals surface area contributed by atoms with Crippen LogP contribution in [0.1, 0.15) is 17.5 Å². The molecule has 0 saturated heterocycles. The molecule has 18 heavy (non-hydrogen) atoms. The van der Waals surface area contributed by atoms with E-state index < -0.39 is 9.84 Å². The topological polar surface area (TPSA) is 72.8 Å². The van der Waals surface area contributed by atoms with Crippen molar-refractivity contribution in [3.05, 3.63) is 28.3 Å². The average molecular weight is 287 g/mol. The molecule has 1 radical (unpaired) electrons. The monoisotopic (exact) mass is 286 g/mol. The zero-order valence-electron chi connectivity index (χ0n) is 9.44. The molecular formula is C11H9ClNO4S. The number of hydrogen-bond acceptors (Lipinski definition) is 5. The lowest BCUT2D eigenvalue weighted by Crippen LogP contribution is -2.10. The number of sulfone groups is 1. The first-order chi connectivity index (χ1) is 8.45. The molecule has 0 aliphatic carbocycles. The van der Waals surface area contributed by atoms with E-state index in [2.05, 4.69) is 5.16 Å². The van der Waals surface area contributed by atoms with Crippen molar-refractivity contribution in [1.82, 2.24) is 0 Å². The van der Waals surface area contributed by atoms with Gasteiger partial charge in [-0.1, -0.05) is 16.8 Å². The number of benzene rings is 1. The largest absolute Gasteiger partial charge is 0.395 e. The zero-order chi connectivity index (χ0) is 13.3. The minimum Gasteiger partial charge on any atom is -0.395 e. The van der Waals surface area contributed by atoms with E-state index in [1.807, 2.05) is 0 Å². The first-order valence-electron chi connectivity index (χ1n) is 5.05. The number of oxime groups is 1. The molecule has 1 aromatic rings. The Kier molecular flexibility index (Phi) is 3.41. The summed E-state index contributed by atoms with van der Waals surface area (Å²) < 4.78 is 23.4. The van der Waals surface area contributed by atoms with Gasteiger partial charge < -0.3 is 4.84 Å². The van der Waals surface area contributed by atoms with Crippen molar-refractivity contribution in [2.24, 2.45) is 5.16 Å². The quantitative estimate of drug-likeness (QED) is 0.840. The molecule has 95 valence electrons. The Labute approximate surface area is 109 Å². The Bertz CT molecular complexity index is 637. The fourth-order valence-corrected chi connectivity index (χ4v) is 2.97. The minimum atomic E-state index is -3.47. The molecule has 0 spiro atoms. The van der Waals surface area contributed by atoms with E-state index in [0.717, 1.165) is 6.26 Å². The normalized spacial score (nSPS) is 15.1. The predicted molar refractivity (Wildman–Crippen MR) is 66.5 cm³/mol. The molecule has 2 rings (SSSR count). The zero-order valence-corrected chi connectivity index (χ0v) is 11.0. The SMILES string of the molecule is CS(=O)(=O)c1ccc([C]=O)c(Cl)c1C1=NOCC1. The van der Waals surface area contributed by atoms with Gasteiger partial charge in [0.15, 0.2) is 9.84 Å². The van der Waals surface area contributed by atoms with Gasteiger partial charge in [-0.05, 0) is 12.1 Å². The van der Waals surface area contributed by atoms with Gasteiger partial charge in [-0.25, -0.2) is 8.42 Å². The molecule has 0 atom stereocenters. The lowest BCUT2D eigenvalue weighted by molar-refractivity contribution is 0.174. The van der Waals surface area contributed by atoms with Crippen LogP contribution in [-0.4, -0.2) is 33.3 Å². The third kappa shape index (κ3) is 2.26. The van der Waals surface area contributed by atoms with E-state index in [1.165, 1.54) is 12.1 Å². The van der Waals surface area contributed by atoms with Crippen LogP contribution in [0.2, 0.25) is 5.02 Å². The summed E-state index contributed by atoms with van der Waals surface area (Å²) in [5.74, 6) is 0. The Morgan fingerprint density at radius 1 is 1.44 bits per heavy atom. The molecule has 7 heteroatoms. The van der Waals surface area contributed by atoms with Crippen LogP contribution in [-0.2, 0) is 19.5 Å². The molecule has 0 amide bonds. The van der Waals surface area contributed by atoms with Crippen molar-refractivity contribution in [2.45, 2.75) is 11.3 Å². The highest BCUT2D eigenvalue weighted by molar-refractivity contribution is 7.90. The van der Waals surface area contributed by atoms with E-state index in [4.69, 9.17) is 16.4 Å². The molecule has 0 unspecified atom stereocenters. The Morgan fingerprint density at radius 3 is 2.67 bits per heavy atom. The van der Waals surface area contributed by atoms with Gasteiger partial charge in [-0.2, -0.15) is 0 Å². The van der Waals surface area contributed by atoms with E-state index in [9.17, 15) is 13.2 Å². The molecule has 1 aliphatic heterocycles. The fraction of sp³-hybridized carbons (Fsp3) is 0.273. The van der Waals surface area contributed by atoms with Crippen molar-refractivity contribution < 1.29 is 18.0 Å². The third-order valence-electron chi connectivity index (χ3n) is 2.51. The predicted octanol–water partition coefficient (Wildman–Crippen LogP) is 1.33. The summed E-state index contributed by atoms with van der Waals surface area (Å²) in [6.45, 7) is 0.365. The van der Waals surface area contributed by atoms with Crippen LogP contribution in [0.4, 0.5) is 0 Å². The molecule has 1 aromatic carbocycles. The van der Waals surface area contributed by atoms with E-state index in [-0.39, 0.29) is 21.0 Å². The van der Waals surface area contributed by atoms with Crippen LogP contribution in [0.5, 0.6) is 0 Å². The van der Waals surface area contributed by atoms with E-state index in [0.29, 0.717) is 18.7 Å². The number of halogens is 1. The van der Waals surface area contributed by atoms with E-state index >= 15 is 0 Å². The first kappa shape index (κ1) is 13.0. The van der Waals surface area contributed by atoms with Crippen LogP contribution in [0.25, 0.3) is 0 Å². The average Bonchev–Trinajstić information content (AvgIpc) is 2.80. The van der Waals surface area contributed by atoms with Gasteiger partial charge in [-0.15, -0.1) is 0 Å². The third-order valence-corrected chi connectivity index (χ3v) is 4.04. The van der Waals surface area contributed by atoms with Crippen LogP contribution >= 0.6 is 11.6 Å².